The number of halogens is 1. The summed E-state index contributed by atoms with van der Waals surface area (Å²) < 4.78 is 17.8. The molecule has 0 saturated heterocycles. The van der Waals surface area contributed by atoms with Gasteiger partial charge in [-0.1, -0.05) is 12.1 Å². The number of carbonyl (C=O) groups is 1. The molecule has 1 heterocycles. The summed E-state index contributed by atoms with van der Waals surface area (Å²) in [7, 11) is 1.33. The van der Waals surface area contributed by atoms with Gasteiger partial charge in [-0.2, -0.15) is 0 Å². The molecule has 20 heavy (non-hydrogen) atoms. The summed E-state index contributed by atoms with van der Waals surface area (Å²) in [5.41, 5.74) is 3.06. The number of hydrogen-bond acceptors (Lipinski definition) is 3. The quantitative estimate of drug-likeness (QED) is 0.634. The van der Waals surface area contributed by atoms with Crippen molar-refractivity contribution in [1.82, 2.24) is 4.98 Å². The largest absolute Gasteiger partial charge is 0.466 e. The molecule has 0 aliphatic carbocycles. The van der Waals surface area contributed by atoms with E-state index in [-0.39, 0.29) is 5.82 Å². The van der Waals surface area contributed by atoms with Gasteiger partial charge in [0.1, 0.15) is 5.82 Å². The number of pyridine rings is 1. The highest BCUT2D eigenvalue weighted by molar-refractivity contribution is 5.91. The Morgan fingerprint density at radius 3 is 2.75 bits per heavy atom. The Kier molecular flexibility index (Phi) is 4.25. The first-order valence-electron chi connectivity index (χ1n) is 6.08. The Labute approximate surface area is 116 Å². The summed E-state index contributed by atoms with van der Waals surface area (Å²) in [5, 5.41) is 0. The van der Waals surface area contributed by atoms with E-state index in [0.717, 1.165) is 22.3 Å². The molecule has 1 aromatic carbocycles. The van der Waals surface area contributed by atoms with Crippen molar-refractivity contribution >= 4 is 11.5 Å². The van der Waals surface area contributed by atoms with Gasteiger partial charge in [0.25, 0.3) is 0 Å². The maximum absolute atomic E-state index is 13.2. The number of carbonyl (C=O) groups excluding carboxylic acids is 1. The van der Waals surface area contributed by atoms with E-state index >= 15 is 0 Å². The molecule has 0 unspecified atom stereocenters. The lowest BCUT2D eigenvalue weighted by Gasteiger charge is -2.05. The first kappa shape index (κ1) is 13.9. The molecule has 0 spiro atoms. The number of allylic oxidation sites excluding steroid dienone is 1. The molecule has 0 N–H and O–H groups in total. The maximum Gasteiger partial charge on any atom is 0.330 e. The lowest BCUT2D eigenvalue weighted by molar-refractivity contribution is -0.134. The molecular weight excluding hydrogens is 257 g/mol. The third kappa shape index (κ3) is 3.29. The van der Waals surface area contributed by atoms with Crippen LogP contribution in [0.5, 0.6) is 0 Å². The molecule has 0 bridgehead atoms. The predicted octanol–water partition coefficient (Wildman–Crippen LogP) is 3.46. The molecule has 0 aliphatic rings. The van der Waals surface area contributed by atoms with Gasteiger partial charge in [-0.3, -0.25) is 4.98 Å². The predicted molar refractivity (Wildman–Crippen MR) is 75.3 cm³/mol. The van der Waals surface area contributed by atoms with Crippen LogP contribution in [0.3, 0.4) is 0 Å². The van der Waals surface area contributed by atoms with E-state index in [9.17, 15) is 9.18 Å². The Bertz CT molecular complexity index is 665. The molecule has 0 fully saturated rings. The summed E-state index contributed by atoms with van der Waals surface area (Å²) in [4.78, 5) is 15.4. The van der Waals surface area contributed by atoms with Crippen LogP contribution in [0.1, 0.15) is 12.5 Å². The maximum atomic E-state index is 13.2. The van der Waals surface area contributed by atoms with Crippen molar-refractivity contribution in [2.45, 2.75) is 6.92 Å². The van der Waals surface area contributed by atoms with Gasteiger partial charge in [-0.25, -0.2) is 9.18 Å². The van der Waals surface area contributed by atoms with Crippen LogP contribution in [-0.2, 0) is 9.53 Å². The summed E-state index contributed by atoms with van der Waals surface area (Å²) in [5.74, 6) is -0.714. The molecular formula is C16H14FNO2. The Balaban J connectivity index is 2.38. The zero-order chi connectivity index (χ0) is 14.5. The third-order valence-electron chi connectivity index (χ3n) is 2.89. The van der Waals surface area contributed by atoms with Crippen LogP contribution in [0.2, 0.25) is 0 Å². The molecule has 1 aromatic heterocycles. The Hall–Kier alpha value is -2.49. The lowest BCUT2D eigenvalue weighted by Crippen LogP contribution is -1.96. The molecule has 0 atom stereocenters. The number of ether oxygens (including phenoxy) is 1. The van der Waals surface area contributed by atoms with E-state index in [2.05, 4.69) is 9.72 Å². The van der Waals surface area contributed by atoms with Gasteiger partial charge in [0.2, 0.25) is 0 Å². The standard InChI is InChI=1S/C16H14FNO2/c1-11(6-16(19)20-2)13-7-14(10-18-9-13)12-4-3-5-15(17)8-12/h3-10H,1-2H3/b11-6+. The zero-order valence-electron chi connectivity index (χ0n) is 11.3. The molecule has 0 radical (unpaired) electrons. The van der Waals surface area contributed by atoms with Crippen molar-refractivity contribution in [1.29, 1.82) is 0 Å². The van der Waals surface area contributed by atoms with Crippen molar-refractivity contribution in [3.63, 3.8) is 0 Å². The first-order valence-corrected chi connectivity index (χ1v) is 6.08. The van der Waals surface area contributed by atoms with Crippen molar-refractivity contribution in [2.24, 2.45) is 0 Å². The normalized spacial score (nSPS) is 11.2. The second-order valence-electron chi connectivity index (χ2n) is 4.32. The van der Waals surface area contributed by atoms with Crippen molar-refractivity contribution in [2.75, 3.05) is 7.11 Å². The second kappa shape index (κ2) is 6.10. The van der Waals surface area contributed by atoms with E-state index in [1.54, 1.807) is 25.4 Å². The number of methoxy groups -OCH3 is 1. The fourth-order valence-electron chi connectivity index (χ4n) is 1.80. The average molecular weight is 271 g/mol. The topological polar surface area (TPSA) is 39.2 Å². The minimum atomic E-state index is -0.418. The van der Waals surface area contributed by atoms with Crippen molar-refractivity contribution in [3.8, 4) is 11.1 Å². The number of benzene rings is 1. The van der Waals surface area contributed by atoms with Crippen LogP contribution < -0.4 is 0 Å². The number of nitrogens with zero attached hydrogens (tertiary/aromatic N) is 1. The van der Waals surface area contributed by atoms with E-state index in [1.165, 1.54) is 25.3 Å². The van der Waals surface area contributed by atoms with E-state index in [0.29, 0.717) is 0 Å². The molecule has 0 aliphatic heterocycles. The number of hydrogen-bond donors (Lipinski definition) is 0. The van der Waals surface area contributed by atoms with Gasteiger partial charge in [-0.15, -0.1) is 0 Å². The lowest BCUT2D eigenvalue weighted by atomic mass is 10.0. The fraction of sp³-hybridized carbons (Fsp3) is 0.125. The van der Waals surface area contributed by atoms with Crippen LogP contribution in [-0.4, -0.2) is 18.1 Å². The monoisotopic (exact) mass is 271 g/mol. The van der Waals surface area contributed by atoms with Crippen molar-refractivity contribution < 1.29 is 13.9 Å². The smallest absolute Gasteiger partial charge is 0.330 e. The fourth-order valence-corrected chi connectivity index (χ4v) is 1.80. The Morgan fingerprint density at radius 2 is 2.05 bits per heavy atom. The molecule has 3 nitrogen and oxygen atoms in total. The van der Waals surface area contributed by atoms with Gasteiger partial charge in [0, 0.05) is 24.0 Å². The van der Waals surface area contributed by atoms with Crippen LogP contribution in [0.15, 0.2) is 48.8 Å². The highest BCUT2D eigenvalue weighted by Gasteiger charge is 2.04. The van der Waals surface area contributed by atoms with Gasteiger partial charge < -0.3 is 4.74 Å². The molecule has 102 valence electrons. The summed E-state index contributed by atoms with van der Waals surface area (Å²) in [6.07, 6.45) is 4.70. The number of esters is 1. The van der Waals surface area contributed by atoms with Crippen LogP contribution >= 0.6 is 0 Å². The molecule has 4 heteroatoms. The molecule has 2 aromatic rings. The summed E-state index contributed by atoms with van der Waals surface area (Å²) >= 11 is 0. The second-order valence-corrected chi connectivity index (χ2v) is 4.32. The highest BCUT2D eigenvalue weighted by atomic mass is 19.1. The number of aromatic nitrogens is 1. The highest BCUT2D eigenvalue weighted by Crippen LogP contribution is 2.23. The molecule has 0 amide bonds. The van der Waals surface area contributed by atoms with Gasteiger partial charge in [0.05, 0.1) is 7.11 Å². The SMILES string of the molecule is COC(=O)/C=C(\C)c1cncc(-c2cccc(F)c2)c1. The van der Waals surface area contributed by atoms with Gasteiger partial charge in [-0.05, 0) is 41.8 Å². The minimum Gasteiger partial charge on any atom is -0.466 e. The van der Waals surface area contributed by atoms with Crippen molar-refractivity contribution in [3.05, 3.63) is 60.2 Å². The van der Waals surface area contributed by atoms with Crippen LogP contribution in [0.25, 0.3) is 16.7 Å². The first-order chi connectivity index (χ1) is 9.60. The Morgan fingerprint density at radius 1 is 1.25 bits per heavy atom. The van der Waals surface area contributed by atoms with Crippen LogP contribution in [0, 0.1) is 5.82 Å². The molecule has 0 saturated carbocycles. The summed E-state index contributed by atoms with van der Waals surface area (Å²) in [6.45, 7) is 1.79. The zero-order valence-corrected chi connectivity index (χ0v) is 11.3. The third-order valence-corrected chi connectivity index (χ3v) is 2.89. The molecule has 2 rings (SSSR count). The summed E-state index contributed by atoms with van der Waals surface area (Å²) in [6, 6.07) is 8.15. The number of rotatable bonds is 3. The van der Waals surface area contributed by atoms with E-state index in [4.69, 9.17) is 0 Å². The van der Waals surface area contributed by atoms with E-state index in [1.807, 2.05) is 12.1 Å². The van der Waals surface area contributed by atoms with Gasteiger partial charge >= 0.3 is 5.97 Å². The average Bonchev–Trinajstić information content (AvgIpc) is 2.47. The van der Waals surface area contributed by atoms with E-state index < -0.39 is 5.97 Å². The van der Waals surface area contributed by atoms with Crippen LogP contribution in [0.4, 0.5) is 4.39 Å². The van der Waals surface area contributed by atoms with Gasteiger partial charge in [0.15, 0.2) is 0 Å². The minimum absolute atomic E-state index is 0.297.